The molecule has 0 unspecified atom stereocenters. The van der Waals surface area contributed by atoms with Crippen LogP contribution < -0.4 is 15.4 Å². The minimum absolute atomic E-state index is 0.0385. The predicted molar refractivity (Wildman–Crippen MR) is 144 cm³/mol. The molecule has 38 heavy (non-hydrogen) atoms. The molecule has 1 amide bonds. The number of anilines is 3. The van der Waals surface area contributed by atoms with E-state index < -0.39 is 5.95 Å². The number of benzene rings is 1. The third-order valence-electron chi connectivity index (χ3n) is 6.16. The molecule has 4 aromatic rings. The summed E-state index contributed by atoms with van der Waals surface area (Å²) < 4.78 is 19.0. The number of hydrogen-bond donors (Lipinski definition) is 2. The third-order valence-corrected chi connectivity index (χ3v) is 6.45. The zero-order valence-corrected chi connectivity index (χ0v) is 21.2. The van der Waals surface area contributed by atoms with E-state index in [0.29, 0.717) is 57.9 Å². The summed E-state index contributed by atoms with van der Waals surface area (Å²) in [6.07, 6.45) is 4.46. The Bertz CT molecular complexity index is 1480. The van der Waals surface area contributed by atoms with Crippen molar-refractivity contribution < 1.29 is 13.9 Å². The number of pyridine rings is 2. The molecule has 0 aliphatic carbocycles. The largest absolute Gasteiger partial charge is 0.486 e. The van der Waals surface area contributed by atoms with Gasteiger partial charge in [-0.2, -0.15) is 4.39 Å². The van der Waals surface area contributed by atoms with E-state index in [1.165, 1.54) is 18.5 Å². The molecule has 4 heterocycles. The van der Waals surface area contributed by atoms with Crippen LogP contribution in [0.25, 0.3) is 11.0 Å². The molecule has 2 N–H and O–H groups in total. The lowest BCUT2D eigenvalue weighted by Gasteiger charge is -2.32. The smallest absolute Gasteiger partial charge is 0.245 e. The van der Waals surface area contributed by atoms with Crippen LogP contribution >= 0.6 is 11.6 Å². The maximum atomic E-state index is 13.3. The Hall–Kier alpha value is -4.31. The zero-order valence-electron chi connectivity index (χ0n) is 20.4. The van der Waals surface area contributed by atoms with Gasteiger partial charge in [0, 0.05) is 24.8 Å². The number of ether oxygens (including phenoxy) is 1. The second-order valence-corrected chi connectivity index (χ2v) is 9.15. The van der Waals surface area contributed by atoms with Crippen LogP contribution in [0, 0.1) is 5.95 Å². The van der Waals surface area contributed by atoms with Crippen molar-refractivity contribution in [3.8, 4) is 5.75 Å². The van der Waals surface area contributed by atoms with Crippen molar-refractivity contribution in [2.75, 3.05) is 23.7 Å². The summed E-state index contributed by atoms with van der Waals surface area (Å²) in [4.78, 5) is 30.9. The predicted octanol–water partition coefficient (Wildman–Crippen LogP) is 5.12. The number of aromatic nitrogens is 4. The average Bonchev–Trinajstić information content (AvgIpc) is 2.93. The van der Waals surface area contributed by atoms with Crippen LogP contribution in [0.15, 0.2) is 67.5 Å². The Kier molecular flexibility index (Phi) is 7.60. The minimum atomic E-state index is -0.564. The van der Waals surface area contributed by atoms with Crippen molar-refractivity contribution in [2.24, 2.45) is 0 Å². The lowest BCUT2D eigenvalue weighted by Crippen LogP contribution is -2.41. The fourth-order valence-electron chi connectivity index (χ4n) is 4.21. The number of nitrogens with zero attached hydrogens (tertiary/aromatic N) is 5. The normalized spacial score (nSPS) is 13.8. The van der Waals surface area contributed by atoms with E-state index >= 15 is 0 Å². The van der Waals surface area contributed by atoms with Gasteiger partial charge in [-0.05, 0) is 61.4 Å². The molecule has 1 aliphatic rings. The summed E-state index contributed by atoms with van der Waals surface area (Å²) >= 11 is 6.44. The van der Waals surface area contributed by atoms with Gasteiger partial charge in [0.25, 0.3) is 0 Å². The molecule has 1 saturated heterocycles. The monoisotopic (exact) mass is 533 g/mol. The first-order chi connectivity index (χ1) is 18.5. The minimum Gasteiger partial charge on any atom is -0.486 e. The van der Waals surface area contributed by atoms with Gasteiger partial charge in [-0.1, -0.05) is 24.2 Å². The first-order valence-corrected chi connectivity index (χ1v) is 12.5. The van der Waals surface area contributed by atoms with Crippen LogP contribution in [-0.2, 0) is 11.4 Å². The second-order valence-electron chi connectivity index (χ2n) is 8.75. The SMILES string of the molecule is C=CC(=O)N1CCC(Nc2ccc3ncnc(Nc4ccc(OCc5cccc(F)n5)c(Cl)c4)c3n2)CC1. The number of piperidine rings is 1. The summed E-state index contributed by atoms with van der Waals surface area (Å²) in [5.41, 5.74) is 2.44. The van der Waals surface area contributed by atoms with E-state index in [0.717, 1.165) is 12.8 Å². The fraction of sp³-hybridized carbons (Fsp3) is 0.222. The molecule has 9 nitrogen and oxygen atoms in total. The molecule has 5 rings (SSSR count). The highest BCUT2D eigenvalue weighted by Crippen LogP contribution is 2.31. The molecule has 1 aliphatic heterocycles. The number of likely N-dealkylation sites (tertiary alicyclic amines) is 1. The number of carbonyl (C=O) groups is 1. The van der Waals surface area contributed by atoms with Crippen molar-refractivity contribution in [1.29, 1.82) is 0 Å². The van der Waals surface area contributed by atoms with E-state index in [9.17, 15) is 9.18 Å². The molecular formula is C27H25ClFN7O2. The molecular weight excluding hydrogens is 509 g/mol. The van der Waals surface area contributed by atoms with Crippen molar-refractivity contribution >= 4 is 45.9 Å². The Morgan fingerprint density at radius 2 is 2.00 bits per heavy atom. The van der Waals surface area contributed by atoms with E-state index in [1.54, 1.807) is 35.2 Å². The first-order valence-electron chi connectivity index (χ1n) is 12.1. The number of fused-ring (bicyclic) bond motifs is 1. The summed E-state index contributed by atoms with van der Waals surface area (Å²) in [5.74, 6) is 1.08. The Labute approximate surface area is 223 Å². The fourth-order valence-corrected chi connectivity index (χ4v) is 4.44. The lowest BCUT2D eigenvalue weighted by molar-refractivity contribution is -0.126. The number of rotatable bonds is 8. The molecule has 11 heteroatoms. The van der Waals surface area contributed by atoms with E-state index in [1.807, 2.05) is 12.1 Å². The van der Waals surface area contributed by atoms with Crippen molar-refractivity contribution in [2.45, 2.75) is 25.5 Å². The van der Waals surface area contributed by atoms with Crippen LogP contribution in [0.5, 0.6) is 5.75 Å². The van der Waals surface area contributed by atoms with E-state index in [-0.39, 0.29) is 18.6 Å². The van der Waals surface area contributed by atoms with Gasteiger partial charge >= 0.3 is 0 Å². The van der Waals surface area contributed by atoms with Crippen LogP contribution in [-0.4, -0.2) is 49.9 Å². The molecule has 0 spiro atoms. The van der Waals surface area contributed by atoms with Crippen molar-refractivity contribution in [3.05, 3.63) is 84.2 Å². The van der Waals surface area contributed by atoms with Gasteiger partial charge in [-0.3, -0.25) is 4.79 Å². The summed E-state index contributed by atoms with van der Waals surface area (Å²) in [5, 5.41) is 7.10. The molecule has 3 aromatic heterocycles. The second kappa shape index (κ2) is 11.4. The molecule has 0 radical (unpaired) electrons. The lowest BCUT2D eigenvalue weighted by atomic mass is 10.0. The first kappa shape index (κ1) is 25.3. The quantitative estimate of drug-likeness (QED) is 0.237. The van der Waals surface area contributed by atoms with Crippen molar-refractivity contribution in [1.82, 2.24) is 24.8 Å². The van der Waals surface area contributed by atoms with E-state index in [2.05, 4.69) is 32.2 Å². The number of carbonyl (C=O) groups excluding carboxylic acids is 1. The van der Waals surface area contributed by atoms with Gasteiger partial charge in [0.05, 0.1) is 16.2 Å². The van der Waals surface area contributed by atoms with Gasteiger partial charge in [0.15, 0.2) is 5.82 Å². The number of halogens is 2. The van der Waals surface area contributed by atoms with Gasteiger partial charge in [-0.15, -0.1) is 0 Å². The van der Waals surface area contributed by atoms with Crippen LogP contribution in [0.4, 0.5) is 21.7 Å². The topological polar surface area (TPSA) is 105 Å². The number of nitrogens with one attached hydrogen (secondary N) is 2. The standard InChI is InChI=1S/C27H25ClFN7O2/c1-2-25(37)36-12-10-17(11-13-36)33-24-9-7-21-26(35-24)27(31-16-30-21)34-18-6-8-22(20(28)14-18)38-15-19-4-3-5-23(29)32-19/h2-9,14,16-17H,1,10-13,15H2,(H,33,35)(H,30,31,34). The van der Waals surface area contributed by atoms with Crippen LogP contribution in [0.3, 0.4) is 0 Å². The van der Waals surface area contributed by atoms with Crippen molar-refractivity contribution in [3.63, 3.8) is 0 Å². The Morgan fingerprint density at radius 3 is 2.76 bits per heavy atom. The molecule has 0 saturated carbocycles. The summed E-state index contributed by atoms with van der Waals surface area (Å²) in [6, 6.07) is 13.7. The van der Waals surface area contributed by atoms with Gasteiger partial charge < -0.3 is 20.3 Å². The molecule has 0 atom stereocenters. The maximum absolute atomic E-state index is 13.3. The molecule has 194 valence electrons. The van der Waals surface area contributed by atoms with Gasteiger partial charge in [-0.25, -0.2) is 19.9 Å². The highest BCUT2D eigenvalue weighted by molar-refractivity contribution is 6.32. The molecule has 0 bridgehead atoms. The summed E-state index contributed by atoms with van der Waals surface area (Å²) in [6.45, 7) is 4.99. The highest BCUT2D eigenvalue weighted by atomic mass is 35.5. The van der Waals surface area contributed by atoms with Crippen LogP contribution in [0.1, 0.15) is 18.5 Å². The summed E-state index contributed by atoms with van der Waals surface area (Å²) in [7, 11) is 0. The van der Waals surface area contributed by atoms with Gasteiger partial charge in [0.2, 0.25) is 11.9 Å². The molecule has 1 fully saturated rings. The molecule has 1 aromatic carbocycles. The van der Waals surface area contributed by atoms with E-state index in [4.69, 9.17) is 21.3 Å². The third kappa shape index (κ3) is 5.97. The highest BCUT2D eigenvalue weighted by Gasteiger charge is 2.21. The average molecular weight is 534 g/mol. The number of amides is 1. The number of hydrogen-bond acceptors (Lipinski definition) is 8. The van der Waals surface area contributed by atoms with Crippen LogP contribution in [0.2, 0.25) is 5.02 Å². The van der Waals surface area contributed by atoms with Gasteiger partial charge in [0.1, 0.15) is 30.0 Å². The Balaban J connectivity index is 1.27. The Morgan fingerprint density at radius 1 is 1.16 bits per heavy atom. The maximum Gasteiger partial charge on any atom is 0.245 e. The zero-order chi connectivity index (χ0) is 26.5.